The normalized spacial score (nSPS) is 12.7. The van der Waals surface area contributed by atoms with E-state index >= 15 is 0 Å². The Balaban J connectivity index is 3.39. The highest BCUT2D eigenvalue weighted by molar-refractivity contribution is 5.76. The maximum absolute atomic E-state index is 12.5. The summed E-state index contributed by atoms with van der Waals surface area (Å²) in [7, 11) is 0. The first-order valence-corrected chi connectivity index (χ1v) is 31.4. The maximum Gasteiger partial charge on any atom is 0.220 e. The molecule has 0 aliphatic heterocycles. The number of aliphatic hydroxyl groups is 2. The van der Waals surface area contributed by atoms with Gasteiger partial charge in [0.25, 0.3) is 0 Å². The van der Waals surface area contributed by atoms with Gasteiger partial charge in [0.15, 0.2) is 0 Å². The number of unbranched alkanes of at least 4 members (excludes halogenated alkanes) is 50. The van der Waals surface area contributed by atoms with E-state index in [1.807, 2.05) is 0 Å². The molecule has 0 rings (SSSR count). The Labute approximate surface area is 422 Å². The summed E-state index contributed by atoms with van der Waals surface area (Å²) in [6.07, 6.45) is 78.0. The summed E-state index contributed by atoms with van der Waals surface area (Å²) in [6, 6.07) is -0.534. The summed E-state index contributed by atoms with van der Waals surface area (Å²) in [5, 5.41) is 23.4. The van der Waals surface area contributed by atoms with Crippen molar-refractivity contribution in [2.75, 3.05) is 6.61 Å². The van der Waals surface area contributed by atoms with E-state index in [-0.39, 0.29) is 12.5 Å². The van der Waals surface area contributed by atoms with Crippen LogP contribution in [0.25, 0.3) is 0 Å². The zero-order valence-corrected chi connectivity index (χ0v) is 46.2. The molecule has 2 atom stereocenters. The van der Waals surface area contributed by atoms with Crippen LogP contribution in [0, 0.1) is 0 Å². The lowest BCUT2D eigenvalue weighted by atomic mass is 10.0. The van der Waals surface area contributed by atoms with Crippen LogP contribution < -0.4 is 5.32 Å². The summed E-state index contributed by atoms with van der Waals surface area (Å²) in [6.45, 7) is 4.41. The van der Waals surface area contributed by atoms with Crippen LogP contribution >= 0.6 is 0 Å². The number of allylic oxidation sites excluding steroid dienone is 2. The van der Waals surface area contributed by atoms with Crippen molar-refractivity contribution in [1.29, 1.82) is 0 Å². The van der Waals surface area contributed by atoms with E-state index < -0.39 is 12.1 Å². The minimum Gasteiger partial charge on any atom is -0.394 e. The highest BCUT2D eigenvalue weighted by Gasteiger charge is 2.20. The fraction of sp³-hybridized carbons (Fsp3) is 0.952. The highest BCUT2D eigenvalue weighted by atomic mass is 16.3. The molecule has 3 N–H and O–H groups in total. The van der Waals surface area contributed by atoms with Crippen LogP contribution in [-0.4, -0.2) is 34.9 Å². The van der Waals surface area contributed by atoms with Crippen molar-refractivity contribution in [2.45, 2.75) is 379 Å². The van der Waals surface area contributed by atoms with Crippen molar-refractivity contribution in [3.05, 3.63) is 12.2 Å². The quantitative estimate of drug-likeness (QED) is 0.0420. The molecule has 0 radical (unpaired) electrons. The predicted molar refractivity (Wildman–Crippen MR) is 299 cm³/mol. The largest absolute Gasteiger partial charge is 0.394 e. The number of hydrogen-bond donors (Lipinski definition) is 3. The monoisotopic (exact) mass is 944 g/mol. The van der Waals surface area contributed by atoms with Crippen molar-refractivity contribution < 1.29 is 15.0 Å². The van der Waals surface area contributed by atoms with E-state index in [0.29, 0.717) is 12.8 Å². The van der Waals surface area contributed by atoms with Crippen LogP contribution in [-0.2, 0) is 4.79 Å². The van der Waals surface area contributed by atoms with Crippen LogP contribution in [0.15, 0.2) is 12.2 Å². The van der Waals surface area contributed by atoms with Crippen molar-refractivity contribution in [3.8, 4) is 0 Å². The predicted octanol–water partition coefficient (Wildman–Crippen LogP) is 20.9. The second kappa shape index (κ2) is 59.4. The number of hydrogen-bond acceptors (Lipinski definition) is 3. The lowest BCUT2D eigenvalue weighted by Crippen LogP contribution is -2.45. The van der Waals surface area contributed by atoms with Gasteiger partial charge in [0.05, 0.1) is 18.8 Å². The number of amides is 1. The van der Waals surface area contributed by atoms with Crippen LogP contribution in [0.2, 0.25) is 0 Å². The minimum absolute atomic E-state index is 0.0229. The van der Waals surface area contributed by atoms with Gasteiger partial charge >= 0.3 is 0 Å². The average molecular weight is 945 g/mol. The molecule has 0 saturated heterocycles. The lowest BCUT2D eigenvalue weighted by Gasteiger charge is -2.22. The molecule has 4 heteroatoms. The van der Waals surface area contributed by atoms with Gasteiger partial charge in [-0.05, 0) is 38.5 Å². The summed E-state index contributed by atoms with van der Waals surface area (Å²) < 4.78 is 0. The summed E-state index contributed by atoms with van der Waals surface area (Å²) in [5.74, 6) is -0.0229. The van der Waals surface area contributed by atoms with Gasteiger partial charge < -0.3 is 15.5 Å². The third kappa shape index (κ3) is 55.9. The molecule has 0 heterocycles. The molecule has 0 bridgehead atoms. The molecule has 400 valence electrons. The van der Waals surface area contributed by atoms with E-state index in [1.165, 1.54) is 315 Å². The third-order valence-electron chi connectivity index (χ3n) is 15.0. The van der Waals surface area contributed by atoms with Gasteiger partial charge in [0, 0.05) is 6.42 Å². The van der Waals surface area contributed by atoms with Gasteiger partial charge in [0.2, 0.25) is 5.91 Å². The molecular formula is C63H125NO3. The Bertz CT molecular complexity index is 936. The van der Waals surface area contributed by atoms with E-state index in [0.717, 1.165) is 25.7 Å². The first-order chi connectivity index (χ1) is 33.2. The number of carbonyl (C=O) groups is 1. The molecule has 0 spiro atoms. The molecule has 2 unspecified atom stereocenters. The van der Waals surface area contributed by atoms with Crippen molar-refractivity contribution in [2.24, 2.45) is 0 Å². The molecule has 0 aromatic rings. The number of carbonyl (C=O) groups excluding carboxylic acids is 1. The molecule has 0 saturated carbocycles. The molecule has 0 fully saturated rings. The Kier molecular flexibility index (Phi) is 58.7. The van der Waals surface area contributed by atoms with Gasteiger partial charge in [-0.1, -0.05) is 334 Å². The number of nitrogens with one attached hydrogen (secondary N) is 1. The molecule has 1 amide bonds. The first-order valence-electron chi connectivity index (χ1n) is 31.4. The van der Waals surface area contributed by atoms with Gasteiger partial charge in [-0.15, -0.1) is 0 Å². The van der Waals surface area contributed by atoms with E-state index in [1.54, 1.807) is 0 Å². The smallest absolute Gasteiger partial charge is 0.220 e. The number of aliphatic hydroxyl groups excluding tert-OH is 2. The lowest BCUT2D eigenvalue weighted by molar-refractivity contribution is -0.123. The molecule has 0 aromatic carbocycles. The summed E-state index contributed by atoms with van der Waals surface area (Å²) >= 11 is 0. The van der Waals surface area contributed by atoms with E-state index in [4.69, 9.17) is 0 Å². The highest BCUT2D eigenvalue weighted by Crippen LogP contribution is 2.19. The minimum atomic E-state index is -0.658. The molecule has 0 aromatic heterocycles. The molecule has 0 aliphatic carbocycles. The van der Waals surface area contributed by atoms with E-state index in [9.17, 15) is 15.0 Å². The zero-order valence-electron chi connectivity index (χ0n) is 46.2. The van der Waals surface area contributed by atoms with Gasteiger partial charge in [0.1, 0.15) is 0 Å². The topological polar surface area (TPSA) is 69.6 Å². The van der Waals surface area contributed by atoms with E-state index in [2.05, 4.69) is 31.3 Å². The average Bonchev–Trinajstić information content (AvgIpc) is 3.33. The molecule has 0 aliphatic rings. The second-order valence-corrected chi connectivity index (χ2v) is 21.8. The van der Waals surface area contributed by atoms with Crippen LogP contribution in [0.3, 0.4) is 0 Å². The molecule has 4 nitrogen and oxygen atoms in total. The van der Waals surface area contributed by atoms with Crippen molar-refractivity contribution >= 4 is 5.91 Å². The van der Waals surface area contributed by atoms with Crippen molar-refractivity contribution in [1.82, 2.24) is 5.32 Å². The van der Waals surface area contributed by atoms with Crippen LogP contribution in [0.5, 0.6) is 0 Å². The Hall–Kier alpha value is -0.870. The third-order valence-corrected chi connectivity index (χ3v) is 15.0. The maximum atomic E-state index is 12.5. The Morgan fingerprint density at radius 3 is 0.821 bits per heavy atom. The van der Waals surface area contributed by atoms with Gasteiger partial charge in [-0.3, -0.25) is 4.79 Å². The summed E-state index contributed by atoms with van der Waals surface area (Å²) in [4.78, 5) is 12.5. The van der Waals surface area contributed by atoms with Crippen LogP contribution in [0.1, 0.15) is 367 Å². The SMILES string of the molecule is CCCCCCCCCC/C=C\CCCCCCCCCCCCCCCCCC(=O)NC(CO)C(O)CCCCCCCCCCCCCCCCCCCCCCCCCCCCCC. The summed E-state index contributed by atoms with van der Waals surface area (Å²) in [5.41, 5.74) is 0. The Morgan fingerprint density at radius 2 is 0.567 bits per heavy atom. The molecule has 67 heavy (non-hydrogen) atoms. The second-order valence-electron chi connectivity index (χ2n) is 21.8. The van der Waals surface area contributed by atoms with Crippen molar-refractivity contribution in [3.63, 3.8) is 0 Å². The van der Waals surface area contributed by atoms with Gasteiger partial charge in [-0.25, -0.2) is 0 Å². The van der Waals surface area contributed by atoms with Crippen LogP contribution in [0.4, 0.5) is 0 Å². The first kappa shape index (κ1) is 66.1. The van der Waals surface area contributed by atoms with Gasteiger partial charge in [-0.2, -0.15) is 0 Å². The Morgan fingerprint density at radius 1 is 0.343 bits per heavy atom. The fourth-order valence-corrected chi connectivity index (χ4v) is 10.2. The zero-order chi connectivity index (χ0) is 48.5. The number of rotatable bonds is 59. The fourth-order valence-electron chi connectivity index (χ4n) is 10.2. The molecular weight excluding hydrogens is 819 g/mol. The standard InChI is InChI=1S/C63H125NO3/c1-3-5-7-9-11-13-15-17-19-21-23-25-27-29-31-33-34-36-38-40-42-44-46-48-50-52-54-56-58-62(66)61(60-65)64-63(67)59-57-55-53-51-49-47-45-43-41-39-37-35-32-30-28-26-24-22-20-18-16-14-12-10-8-6-4-2/h22,24,61-62,65-66H,3-21,23,25-60H2,1-2H3,(H,64,67)/b24-22-.